The zero-order valence-electron chi connectivity index (χ0n) is 10.1. The highest BCUT2D eigenvalue weighted by molar-refractivity contribution is 8.06. The predicted octanol–water partition coefficient (Wildman–Crippen LogP) is 2.16. The lowest BCUT2D eigenvalue weighted by Gasteiger charge is -2.30. The van der Waals surface area contributed by atoms with Crippen LogP contribution in [0.2, 0.25) is 0 Å². The Labute approximate surface area is 111 Å². The summed E-state index contributed by atoms with van der Waals surface area (Å²) in [6, 6.07) is 4.39. The summed E-state index contributed by atoms with van der Waals surface area (Å²) in [7, 11) is 0. The Morgan fingerprint density at radius 2 is 2.47 bits per heavy atom. The van der Waals surface area contributed by atoms with Crippen molar-refractivity contribution in [2.24, 2.45) is 0 Å². The Kier molecular flexibility index (Phi) is 5.00. The van der Waals surface area contributed by atoms with Gasteiger partial charge >= 0.3 is 0 Å². The first-order valence-electron chi connectivity index (χ1n) is 5.96. The van der Waals surface area contributed by atoms with Gasteiger partial charge in [-0.15, -0.1) is 0 Å². The Bertz CT molecular complexity index is 353. The van der Waals surface area contributed by atoms with Crippen molar-refractivity contribution in [3.05, 3.63) is 23.9 Å². The summed E-state index contributed by atoms with van der Waals surface area (Å²) in [5.41, 5.74) is 7.14. The molecular weight excluding hydrogens is 250 g/mol. The van der Waals surface area contributed by atoms with E-state index < -0.39 is 0 Å². The summed E-state index contributed by atoms with van der Waals surface area (Å²) in [4.78, 5) is 4.20. The number of nitrogens with one attached hydrogen (secondary N) is 1. The largest absolute Gasteiger partial charge is 0.383 e. The van der Waals surface area contributed by atoms with Gasteiger partial charge in [-0.25, -0.2) is 4.98 Å². The minimum Gasteiger partial charge on any atom is -0.383 e. The van der Waals surface area contributed by atoms with Crippen LogP contribution in [0.3, 0.4) is 0 Å². The molecule has 1 fully saturated rings. The lowest BCUT2D eigenvalue weighted by atomic mass is 10.1. The molecule has 0 saturated carbocycles. The summed E-state index contributed by atoms with van der Waals surface area (Å²) in [5, 5.41) is 4.15. The number of thioether (sulfide) groups is 2. The van der Waals surface area contributed by atoms with Crippen LogP contribution in [0, 0.1) is 0 Å². The first-order chi connectivity index (χ1) is 8.33. The Morgan fingerprint density at radius 1 is 1.59 bits per heavy atom. The Balaban J connectivity index is 2.18. The first-order valence-corrected chi connectivity index (χ1v) is 8.16. The van der Waals surface area contributed by atoms with Crippen molar-refractivity contribution >= 4 is 29.3 Å². The van der Waals surface area contributed by atoms with E-state index in [2.05, 4.69) is 23.3 Å². The molecule has 2 heterocycles. The molecule has 0 bridgehead atoms. The van der Waals surface area contributed by atoms with E-state index in [9.17, 15) is 0 Å². The lowest BCUT2D eigenvalue weighted by Crippen LogP contribution is -2.34. The fourth-order valence-electron chi connectivity index (χ4n) is 2.05. The SMILES string of the molecule is CCNC(c1cccnc1N)C1CSCCS1. The molecule has 1 aromatic heterocycles. The highest BCUT2D eigenvalue weighted by Gasteiger charge is 2.26. The van der Waals surface area contributed by atoms with Crippen LogP contribution in [0.1, 0.15) is 18.5 Å². The molecule has 0 spiro atoms. The van der Waals surface area contributed by atoms with Crippen LogP contribution in [-0.2, 0) is 0 Å². The third-order valence-corrected chi connectivity index (χ3v) is 5.71. The van der Waals surface area contributed by atoms with Crippen LogP contribution >= 0.6 is 23.5 Å². The van der Waals surface area contributed by atoms with Gasteiger partial charge in [-0.1, -0.05) is 13.0 Å². The summed E-state index contributed by atoms with van der Waals surface area (Å²) in [6.07, 6.45) is 1.75. The molecule has 17 heavy (non-hydrogen) atoms. The van der Waals surface area contributed by atoms with E-state index in [1.54, 1.807) is 6.20 Å². The minimum absolute atomic E-state index is 0.325. The number of pyridine rings is 1. The molecule has 5 heteroatoms. The van der Waals surface area contributed by atoms with Gasteiger partial charge in [0.15, 0.2) is 0 Å². The van der Waals surface area contributed by atoms with E-state index in [1.165, 1.54) is 17.3 Å². The highest BCUT2D eigenvalue weighted by Crippen LogP contribution is 2.34. The van der Waals surface area contributed by atoms with Crippen LogP contribution in [0.25, 0.3) is 0 Å². The fourth-order valence-corrected chi connectivity index (χ4v) is 4.91. The average Bonchev–Trinajstić information content (AvgIpc) is 2.38. The van der Waals surface area contributed by atoms with Crippen molar-refractivity contribution in [1.82, 2.24) is 10.3 Å². The van der Waals surface area contributed by atoms with E-state index >= 15 is 0 Å². The third-order valence-electron chi connectivity index (χ3n) is 2.84. The van der Waals surface area contributed by atoms with Gasteiger partial charge in [-0.05, 0) is 12.6 Å². The number of nitrogen functional groups attached to an aromatic ring is 1. The van der Waals surface area contributed by atoms with Gasteiger partial charge in [-0.2, -0.15) is 23.5 Å². The number of aromatic nitrogens is 1. The van der Waals surface area contributed by atoms with Crippen LogP contribution < -0.4 is 11.1 Å². The van der Waals surface area contributed by atoms with Crippen LogP contribution in [0.15, 0.2) is 18.3 Å². The molecule has 3 nitrogen and oxygen atoms in total. The number of hydrogen-bond acceptors (Lipinski definition) is 5. The summed E-state index contributed by atoms with van der Waals surface area (Å²) >= 11 is 4.08. The van der Waals surface area contributed by atoms with Crippen molar-refractivity contribution < 1.29 is 0 Å². The van der Waals surface area contributed by atoms with Gasteiger partial charge in [0.05, 0.1) is 0 Å². The molecule has 2 atom stereocenters. The van der Waals surface area contributed by atoms with Crippen LogP contribution in [0.5, 0.6) is 0 Å². The maximum atomic E-state index is 5.99. The van der Waals surface area contributed by atoms with E-state index in [4.69, 9.17) is 5.73 Å². The second-order valence-corrected chi connectivity index (χ2v) is 6.49. The monoisotopic (exact) mass is 269 g/mol. The van der Waals surface area contributed by atoms with E-state index in [-0.39, 0.29) is 0 Å². The van der Waals surface area contributed by atoms with Crippen molar-refractivity contribution in [3.63, 3.8) is 0 Å². The predicted molar refractivity (Wildman–Crippen MR) is 78.6 cm³/mol. The fraction of sp³-hybridized carbons (Fsp3) is 0.583. The molecule has 1 aliphatic heterocycles. The molecule has 0 aliphatic carbocycles. The summed E-state index contributed by atoms with van der Waals surface area (Å²) in [6.45, 7) is 3.10. The molecule has 3 N–H and O–H groups in total. The topological polar surface area (TPSA) is 50.9 Å². The van der Waals surface area contributed by atoms with Crippen molar-refractivity contribution in [3.8, 4) is 0 Å². The van der Waals surface area contributed by atoms with E-state index in [0.29, 0.717) is 17.1 Å². The maximum absolute atomic E-state index is 5.99. The molecule has 2 rings (SSSR count). The highest BCUT2D eigenvalue weighted by atomic mass is 32.2. The number of hydrogen-bond donors (Lipinski definition) is 2. The van der Waals surface area contributed by atoms with E-state index in [1.807, 2.05) is 29.6 Å². The normalized spacial score (nSPS) is 22.3. The lowest BCUT2D eigenvalue weighted by molar-refractivity contribution is 0.551. The molecule has 0 radical (unpaired) electrons. The number of nitrogens with zero attached hydrogens (tertiary/aromatic N) is 1. The van der Waals surface area contributed by atoms with Crippen molar-refractivity contribution in [1.29, 1.82) is 0 Å². The summed E-state index contributed by atoms with van der Waals surface area (Å²) < 4.78 is 0. The second kappa shape index (κ2) is 6.52. The quantitative estimate of drug-likeness (QED) is 0.877. The third kappa shape index (κ3) is 3.30. The zero-order valence-corrected chi connectivity index (χ0v) is 11.7. The van der Waals surface area contributed by atoms with Crippen molar-refractivity contribution in [2.45, 2.75) is 18.2 Å². The second-order valence-electron chi connectivity index (χ2n) is 4.00. The van der Waals surface area contributed by atoms with Crippen LogP contribution in [0.4, 0.5) is 5.82 Å². The zero-order chi connectivity index (χ0) is 12.1. The molecule has 2 unspecified atom stereocenters. The molecule has 0 amide bonds. The van der Waals surface area contributed by atoms with Gasteiger partial charge in [0.1, 0.15) is 5.82 Å². The molecule has 1 aromatic rings. The van der Waals surface area contributed by atoms with Gasteiger partial charge in [0.25, 0.3) is 0 Å². The summed E-state index contributed by atoms with van der Waals surface area (Å²) in [5.74, 6) is 4.35. The molecule has 1 saturated heterocycles. The molecular formula is C12H19N3S2. The number of rotatable bonds is 4. The van der Waals surface area contributed by atoms with Crippen LogP contribution in [-0.4, -0.2) is 34.0 Å². The van der Waals surface area contributed by atoms with E-state index in [0.717, 1.165) is 12.1 Å². The molecule has 1 aliphatic rings. The number of anilines is 1. The average molecular weight is 269 g/mol. The molecule has 94 valence electrons. The van der Waals surface area contributed by atoms with Gasteiger partial charge in [0, 0.05) is 40.3 Å². The minimum atomic E-state index is 0.325. The van der Waals surface area contributed by atoms with Gasteiger partial charge < -0.3 is 11.1 Å². The first kappa shape index (κ1) is 13.1. The maximum Gasteiger partial charge on any atom is 0.128 e. The molecule has 0 aromatic carbocycles. The Morgan fingerprint density at radius 3 is 3.12 bits per heavy atom. The van der Waals surface area contributed by atoms with Crippen molar-refractivity contribution in [2.75, 3.05) is 29.5 Å². The number of nitrogens with two attached hydrogens (primary N) is 1. The Hall–Kier alpha value is -0.390. The smallest absolute Gasteiger partial charge is 0.128 e. The van der Waals surface area contributed by atoms with Gasteiger partial charge in [-0.3, -0.25) is 0 Å². The van der Waals surface area contributed by atoms with Gasteiger partial charge in [0.2, 0.25) is 0 Å². The standard InChI is InChI=1S/C12H19N3S2/c1-2-14-11(10-8-16-6-7-17-10)9-4-3-5-15-12(9)13/h3-5,10-11,14H,2,6-8H2,1H3,(H2,13,15).